The zero-order chi connectivity index (χ0) is 12.7. The predicted octanol–water partition coefficient (Wildman–Crippen LogP) is 3.78. The zero-order valence-electron chi connectivity index (χ0n) is 12.3. The molecule has 0 aromatic heterocycles. The molecular formula is C14H32N2Si. The lowest BCUT2D eigenvalue weighted by atomic mass is 10.1. The van der Waals surface area contributed by atoms with Crippen molar-refractivity contribution < 1.29 is 0 Å². The van der Waals surface area contributed by atoms with E-state index in [1.807, 2.05) is 0 Å². The summed E-state index contributed by atoms with van der Waals surface area (Å²) in [5, 5.41) is 0. The van der Waals surface area contributed by atoms with Crippen LogP contribution in [0.15, 0.2) is 0 Å². The van der Waals surface area contributed by atoms with Crippen LogP contribution in [0.1, 0.15) is 66.2 Å². The SMILES string of the molecule is CCN[Si]1(NCC)C(CC)CCCCC1CC. The Morgan fingerprint density at radius 2 is 1.24 bits per heavy atom. The minimum absolute atomic E-state index is 0.926. The van der Waals surface area contributed by atoms with Gasteiger partial charge in [0.05, 0.1) is 0 Å². The molecule has 0 amide bonds. The van der Waals surface area contributed by atoms with Crippen LogP contribution in [0.2, 0.25) is 11.1 Å². The summed E-state index contributed by atoms with van der Waals surface area (Å²) in [6.07, 6.45) is 8.48. The Kier molecular flexibility index (Phi) is 6.74. The predicted molar refractivity (Wildman–Crippen MR) is 79.7 cm³/mol. The van der Waals surface area contributed by atoms with E-state index in [2.05, 4.69) is 37.7 Å². The molecule has 0 bridgehead atoms. The first-order valence-corrected chi connectivity index (χ1v) is 9.90. The molecule has 0 spiro atoms. The summed E-state index contributed by atoms with van der Waals surface area (Å²) in [6, 6.07) is 0. The van der Waals surface area contributed by atoms with E-state index in [9.17, 15) is 0 Å². The van der Waals surface area contributed by atoms with Gasteiger partial charge in [-0.2, -0.15) is 0 Å². The van der Waals surface area contributed by atoms with Gasteiger partial charge in [0, 0.05) is 0 Å². The largest absolute Gasteiger partial charge is 0.325 e. The van der Waals surface area contributed by atoms with Crippen LogP contribution in [-0.4, -0.2) is 21.5 Å². The monoisotopic (exact) mass is 256 g/mol. The summed E-state index contributed by atoms with van der Waals surface area (Å²) in [4.78, 5) is 7.94. The lowest BCUT2D eigenvalue weighted by Crippen LogP contribution is -2.67. The molecule has 1 rings (SSSR count). The molecule has 3 heteroatoms. The molecular weight excluding hydrogens is 224 g/mol. The second-order valence-corrected chi connectivity index (χ2v) is 9.50. The van der Waals surface area contributed by atoms with Crippen molar-refractivity contribution in [2.24, 2.45) is 0 Å². The Hall–Kier alpha value is 0.137. The average molecular weight is 257 g/mol. The van der Waals surface area contributed by atoms with Gasteiger partial charge in [0.2, 0.25) is 8.40 Å². The number of nitrogens with one attached hydrogen (secondary N) is 2. The van der Waals surface area contributed by atoms with Crippen LogP contribution in [0.25, 0.3) is 0 Å². The quantitative estimate of drug-likeness (QED) is 0.707. The van der Waals surface area contributed by atoms with Gasteiger partial charge in [-0.25, -0.2) is 0 Å². The molecule has 0 aliphatic carbocycles. The van der Waals surface area contributed by atoms with Crippen LogP contribution < -0.4 is 9.96 Å². The smallest absolute Gasteiger partial charge is 0.207 e. The Labute approximate surface area is 109 Å². The lowest BCUT2D eigenvalue weighted by molar-refractivity contribution is 0.621. The summed E-state index contributed by atoms with van der Waals surface area (Å²) < 4.78 is 0. The normalized spacial score (nSPS) is 28.9. The van der Waals surface area contributed by atoms with Crippen molar-refractivity contribution in [1.82, 2.24) is 9.96 Å². The highest BCUT2D eigenvalue weighted by Crippen LogP contribution is 2.42. The summed E-state index contributed by atoms with van der Waals surface area (Å²) in [6.45, 7) is 11.6. The first kappa shape index (κ1) is 15.2. The highest BCUT2D eigenvalue weighted by molar-refractivity contribution is 6.78. The third-order valence-electron chi connectivity index (χ3n) is 4.57. The molecule has 1 fully saturated rings. The molecule has 0 saturated carbocycles. The highest BCUT2D eigenvalue weighted by atomic mass is 28.3. The summed E-state index contributed by atoms with van der Waals surface area (Å²) >= 11 is 0. The van der Waals surface area contributed by atoms with Crippen molar-refractivity contribution in [2.75, 3.05) is 13.1 Å². The maximum absolute atomic E-state index is 3.97. The first-order chi connectivity index (χ1) is 8.25. The van der Waals surface area contributed by atoms with Crippen LogP contribution in [0, 0.1) is 0 Å². The zero-order valence-corrected chi connectivity index (χ0v) is 13.3. The minimum Gasteiger partial charge on any atom is -0.325 e. The van der Waals surface area contributed by atoms with E-state index in [4.69, 9.17) is 0 Å². The van der Waals surface area contributed by atoms with Crippen molar-refractivity contribution in [2.45, 2.75) is 77.3 Å². The molecule has 0 radical (unpaired) electrons. The molecule has 17 heavy (non-hydrogen) atoms. The molecule has 2 N–H and O–H groups in total. The second kappa shape index (κ2) is 7.55. The van der Waals surface area contributed by atoms with Crippen LogP contribution in [0.3, 0.4) is 0 Å². The van der Waals surface area contributed by atoms with Crippen LogP contribution in [0.5, 0.6) is 0 Å². The molecule has 1 aliphatic heterocycles. The van der Waals surface area contributed by atoms with E-state index in [1.165, 1.54) is 38.5 Å². The maximum atomic E-state index is 3.97. The number of hydrogen-bond donors (Lipinski definition) is 2. The van der Waals surface area contributed by atoms with Gasteiger partial charge in [-0.15, -0.1) is 0 Å². The Morgan fingerprint density at radius 1 is 0.824 bits per heavy atom. The van der Waals surface area contributed by atoms with Gasteiger partial charge < -0.3 is 9.96 Å². The Balaban J connectivity index is 2.98. The molecule has 2 atom stereocenters. The van der Waals surface area contributed by atoms with Gasteiger partial charge in [0.15, 0.2) is 0 Å². The minimum atomic E-state index is -1.49. The van der Waals surface area contributed by atoms with Crippen molar-refractivity contribution in [3.8, 4) is 0 Å². The van der Waals surface area contributed by atoms with Gasteiger partial charge in [0.25, 0.3) is 0 Å². The van der Waals surface area contributed by atoms with Gasteiger partial charge in [-0.05, 0) is 24.2 Å². The van der Waals surface area contributed by atoms with Crippen LogP contribution in [0.4, 0.5) is 0 Å². The van der Waals surface area contributed by atoms with Crippen molar-refractivity contribution >= 4 is 8.40 Å². The summed E-state index contributed by atoms with van der Waals surface area (Å²) in [5.74, 6) is 0. The molecule has 0 aromatic rings. The highest BCUT2D eigenvalue weighted by Gasteiger charge is 2.46. The van der Waals surface area contributed by atoms with E-state index in [1.54, 1.807) is 0 Å². The third-order valence-corrected chi connectivity index (χ3v) is 10.4. The van der Waals surface area contributed by atoms with E-state index in [0.717, 1.165) is 24.2 Å². The van der Waals surface area contributed by atoms with E-state index < -0.39 is 8.40 Å². The molecule has 2 nitrogen and oxygen atoms in total. The standard InChI is InChI=1S/C14H32N2Si/c1-5-13-11-9-10-12-14(6-2)17(13,15-7-3)16-8-4/h13-16H,5-12H2,1-4H3. The Morgan fingerprint density at radius 3 is 1.53 bits per heavy atom. The maximum Gasteiger partial charge on any atom is 0.207 e. The fraction of sp³-hybridized carbons (Fsp3) is 1.00. The molecule has 1 heterocycles. The topological polar surface area (TPSA) is 24.1 Å². The van der Waals surface area contributed by atoms with Gasteiger partial charge in [0.1, 0.15) is 0 Å². The number of rotatable bonds is 6. The first-order valence-electron chi connectivity index (χ1n) is 7.75. The number of hydrogen-bond acceptors (Lipinski definition) is 2. The van der Waals surface area contributed by atoms with Crippen LogP contribution in [-0.2, 0) is 0 Å². The van der Waals surface area contributed by atoms with Crippen LogP contribution >= 0.6 is 0 Å². The third kappa shape index (κ3) is 3.33. The molecule has 102 valence electrons. The van der Waals surface area contributed by atoms with Crippen molar-refractivity contribution in [3.63, 3.8) is 0 Å². The second-order valence-electron chi connectivity index (χ2n) is 5.42. The van der Waals surface area contributed by atoms with Crippen molar-refractivity contribution in [3.05, 3.63) is 0 Å². The average Bonchev–Trinajstić information content (AvgIpc) is 2.49. The molecule has 1 aliphatic rings. The fourth-order valence-corrected chi connectivity index (χ4v) is 9.57. The van der Waals surface area contributed by atoms with Crippen molar-refractivity contribution in [1.29, 1.82) is 0 Å². The van der Waals surface area contributed by atoms with Gasteiger partial charge in [-0.1, -0.05) is 66.2 Å². The summed E-state index contributed by atoms with van der Waals surface area (Å²) in [5.41, 5.74) is 1.85. The Bertz CT molecular complexity index is 186. The van der Waals surface area contributed by atoms with E-state index in [-0.39, 0.29) is 0 Å². The lowest BCUT2D eigenvalue weighted by Gasteiger charge is -2.43. The molecule has 2 unspecified atom stereocenters. The van der Waals surface area contributed by atoms with Gasteiger partial charge in [-0.3, -0.25) is 0 Å². The van der Waals surface area contributed by atoms with E-state index >= 15 is 0 Å². The van der Waals surface area contributed by atoms with E-state index in [0.29, 0.717) is 0 Å². The fourth-order valence-electron chi connectivity index (χ4n) is 3.85. The molecule has 0 aromatic carbocycles. The summed E-state index contributed by atoms with van der Waals surface area (Å²) in [7, 11) is -1.49. The molecule has 1 saturated heterocycles. The van der Waals surface area contributed by atoms with Gasteiger partial charge >= 0.3 is 0 Å².